The molecule has 7 heavy (non-hydrogen) atoms. The van der Waals surface area contributed by atoms with Gasteiger partial charge in [0.05, 0.1) is 6.20 Å². The van der Waals surface area contributed by atoms with Crippen LogP contribution in [0.25, 0.3) is 0 Å². The van der Waals surface area contributed by atoms with Crippen molar-refractivity contribution in [2.45, 2.75) is 6.92 Å². The van der Waals surface area contributed by atoms with Crippen molar-refractivity contribution in [2.24, 2.45) is 10.1 Å². The molecule has 1 aliphatic rings. The highest BCUT2D eigenvalue weighted by Crippen LogP contribution is 1.76. The summed E-state index contributed by atoms with van der Waals surface area (Å²) in [7, 11) is 0. The van der Waals surface area contributed by atoms with Crippen LogP contribution in [-0.4, -0.2) is 11.7 Å². The van der Waals surface area contributed by atoms with Crippen LogP contribution in [0.1, 0.15) is 6.92 Å². The van der Waals surface area contributed by atoms with E-state index < -0.39 is 0 Å². The predicted octanol–water partition coefficient (Wildman–Crippen LogP) is 0.106. The van der Waals surface area contributed by atoms with Gasteiger partial charge in [-0.1, -0.05) is 0 Å². The molecule has 0 amide bonds. The summed E-state index contributed by atoms with van der Waals surface area (Å²) in [6.45, 7) is 1.80. The van der Waals surface area contributed by atoms with E-state index in [0.29, 0.717) is 5.84 Å². The first-order valence-electron chi connectivity index (χ1n) is 1.97. The summed E-state index contributed by atoms with van der Waals surface area (Å²) in [5, 5.41) is 3.71. The fraction of sp³-hybridized carbons (Fsp3) is 0.250. The van der Waals surface area contributed by atoms with Crippen LogP contribution in [0.2, 0.25) is 0 Å². The van der Waals surface area contributed by atoms with Crippen molar-refractivity contribution in [1.82, 2.24) is 5.43 Å². The van der Waals surface area contributed by atoms with Crippen LogP contribution in [-0.2, 0) is 0 Å². The van der Waals surface area contributed by atoms with E-state index in [9.17, 15) is 0 Å². The van der Waals surface area contributed by atoms with Gasteiger partial charge in [-0.15, -0.1) is 0 Å². The summed E-state index contributed by atoms with van der Waals surface area (Å²) in [6, 6.07) is 0. The monoisotopic (exact) mass is 95.0 g/mol. The lowest BCUT2D eigenvalue weighted by Gasteiger charge is -1.91. The first-order chi connectivity index (χ1) is 3.39. The third kappa shape index (κ3) is 0.876. The van der Waals surface area contributed by atoms with Gasteiger partial charge in [0.15, 0.2) is 5.84 Å². The summed E-state index contributed by atoms with van der Waals surface area (Å²) >= 11 is 0. The Kier molecular flexibility index (Phi) is 0.922. The lowest BCUT2D eigenvalue weighted by molar-refractivity contribution is 0.961. The molecule has 0 aromatic heterocycles. The minimum Gasteiger partial charge on any atom is -0.275 e. The largest absolute Gasteiger partial charge is 0.275 e. The molecule has 36 valence electrons. The number of nitrogens with one attached hydrogen (secondary N) is 1. The molecule has 0 radical (unpaired) electrons. The minimum atomic E-state index is 0.711. The van der Waals surface area contributed by atoms with Crippen LogP contribution in [0.15, 0.2) is 16.3 Å². The fourth-order valence-electron chi connectivity index (χ4n) is 0.305. The number of hydrogen-bond acceptors (Lipinski definition) is 3. The van der Waals surface area contributed by atoms with E-state index in [4.69, 9.17) is 0 Å². The molecule has 1 N–H and O–H groups in total. The zero-order valence-electron chi connectivity index (χ0n) is 3.97. The van der Waals surface area contributed by atoms with Crippen molar-refractivity contribution in [3.05, 3.63) is 6.20 Å². The van der Waals surface area contributed by atoms with Gasteiger partial charge in [-0.25, -0.2) is 0 Å². The van der Waals surface area contributed by atoms with E-state index in [0.717, 1.165) is 0 Å². The highest BCUT2D eigenvalue weighted by Gasteiger charge is 1.82. The third-order valence-corrected chi connectivity index (χ3v) is 0.582. The van der Waals surface area contributed by atoms with Crippen LogP contribution in [0, 0.1) is 0 Å². The molecule has 3 nitrogen and oxygen atoms in total. The number of hydrogen-bond donors (Lipinski definition) is 1. The fourth-order valence-corrected chi connectivity index (χ4v) is 0.305. The van der Waals surface area contributed by atoms with Crippen molar-refractivity contribution in [2.75, 3.05) is 0 Å². The molecule has 3 heteroatoms. The van der Waals surface area contributed by atoms with E-state index in [1.807, 2.05) is 0 Å². The van der Waals surface area contributed by atoms with Crippen molar-refractivity contribution < 1.29 is 0 Å². The smallest absolute Gasteiger partial charge is 0.155 e. The molecule has 1 aliphatic heterocycles. The Bertz CT molecular complexity index is 150. The Morgan fingerprint density at radius 2 is 2.71 bits per heavy atom. The third-order valence-electron chi connectivity index (χ3n) is 0.582. The van der Waals surface area contributed by atoms with E-state index >= 15 is 0 Å². The van der Waals surface area contributed by atoms with Crippen LogP contribution < -0.4 is 5.43 Å². The molecule has 0 bridgehead atoms. The molecule has 0 fully saturated rings. The minimum absolute atomic E-state index is 0.711. The Morgan fingerprint density at radius 3 is 3.00 bits per heavy atom. The first-order valence-corrected chi connectivity index (χ1v) is 1.97. The summed E-state index contributed by atoms with van der Waals surface area (Å²) < 4.78 is 0. The van der Waals surface area contributed by atoms with E-state index in [2.05, 4.69) is 21.4 Å². The van der Waals surface area contributed by atoms with Crippen molar-refractivity contribution in [3.63, 3.8) is 0 Å². The van der Waals surface area contributed by atoms with Crippen LogP contribution in [0.4, 0.5) is 0 Å². The van der Waals surface area contributed by atoms with Crippen molar-refractivity contribution in [1.29, 1.82) is 0 Å². The van der Waals surface area contributed by atoms with Crippen LogP contribution in [0.3, 0.4) is 0 Å². The summed E-state index contributed by atoms with van der Waals surface area (Å²) in [5.41, 5.74) is 2.59. The molecule has 0 aromatic rings. The lowest BCUT2D eigenvalue weighted by Crippen LogP contribution is -2.02. The quantitative estimate of drug-likeness (QED) is 0.455. The van der Waals surface area contributed by atoms with Gasteiger partial charge in [0.25, 0.3) is 0 Å². The second-order valence-corrected chi connectivity index (χ2v) is 1.17. The molecule has 0 aliphatic carbocycles. The van der Waals surface area contributed by atoms with Gasteiger partial charge in [0.2, 0.25) is 0 Å². The van der Waals surface area contributed by atoms with Crippen molar-refractivity contribution >= 4 is 11.7 Å². The molecular weight excluding hydrogens is 90.1 g/mol. The molecule has 1 rings (SSSR count). The molecule has 0 saturated heterocycles. The zero-order chi connectivity index (χ0) is 5.11. The maximum Gasteiger partial charge on any atom is 0.155 e. The standard InChI is InChI=1S/C4H5N3/c1-4-5-2-3-6-7-4/h3,6H,1H3. The van der Waals surface area contributed by atoms with Gasteiger partial charge >= 0.3 is 0 Å². The summed E-state index contributed by atoms with van der Waals surface area (Å²) in [6.07, 6.45) is 1.55. The predicted molar refractivity (Wildman–Crippen MR) is 28.2 cm³/mol. The number of aliphatic imine (C=N–C) groups is 1. The van der Waals surface area contributed by atoms with Gasteiger partial charge in [0.1, 0.15) is 0 Å². The number of amidine groups is 1. The Morgan fingerprint density at radius 1 is 1.86 bits per heavy atom. The van der Waals surface area contributed by atoms with Gasteiger partial charge in [0, 0.05) is 5.87 Å². The maximum atomic E-state index is 3.71. The molecule has 1 heterocycles. The number of hydrazone groups is 1. The van der Waals surface area contributed by atoms with Crippen LogP contribution >= 0.6 is 0 Å². The summed E-state index contributed by atoms with van der Waals surface area (Å²) in [4.78, 5) is 3.71. The van der Waals surface area contributed by atoms with Crippen molar-refractivity contribution in [3.8, 4) is 0 Å². The second kappa shape index (κ2) is 1.58. The van der Waals surface area contributed by atoms with Gasteiger partial charge in [-0.05, 0) is 6.92 Å². The highest BCUT2D eigenvalue weighted by molar-refractivity contribution is 5.87. The second-order valence-electron chi connectivity index (χ2n) is 1.17. The molecule has 0 aromatic carbocycles. The first kappa shape index (κ1) is 4.09. The topological polar surface area (TPSA) is 36.8 Å². The molecular formula is C4H5N3. The molecule has 0 atom stereocenters. The van der Waals surface area contributed by atoms with E-state index in [1.165, 1.54) is 0 Å². The Balaban J connectivity index is 2.82. The molecule has 0 spiro atoms. The average molecular weight is 95.1 g/mol. The highest BCUT2D eigenvalue weighted by atomic mass is 15.3. The SMILES string of the molecule is CC1=NNC=C=N1. The maximum absolute atomic E-state index is 3.71. The lowest BCUT2D eigenvalue weighted by atomic mass is 10.7. The van der Waals surface area contributed by atoms with E-state index in [-0.39, 0.29) is 0 Å². The summed E-state index contributed by atoms with van der Waals surface area (Å²) in [5.74, 6) is 3.30. The van der Waals surface area contributed by atoms with Crippen LogP contribution in [0.5, 0.6) is 0 Å². The molecule has 0 unspecified atom stereocenters. The zero-order valence-corrected chi connectivity index (χ0v) is 3.97. The average Bonchev–Trinajstić information content (AvgIpc) is 1.69. The van der Waals surface area contributed by atoms with Gasteiger partial charge < -0.3 is 0 Å². The number of nitrogens with zero attached hydrogens (tertiary/aromatic N) is 2. The van der Waals surface area contributed by atoms with Gasteiger partial charge in [-0.2, -0.15) is 10.1 Å². The van der Waals surface area contributed by atoms with Gasteiger partial charge in [-0.3, -0.25) is 5.43 Å². The Hall–Kier alpha value is -1.08. The molecule has 0 saturated carbocycles. The Labute approximate surface area is 41.4 Å². The van der Waals surface area contributed by atoms with E-state index in [1.54, 1.807) is 13.1 Å². The number of rotatable bonds is 0. The normalized spacial score (nSPS) is 15.9.